The topological polar surface area (TPSA) is 45.6 Å². The van der Waals surface area contributed by atoms with Crippen molar-refractivity contribution in [2.45, 2.75) is 46.6 Å². The summed E-state index contributed by atoms with van der Waals surface area (Å²) < 4.78 is 0. The summed E-state index contributed by atoms with van der Waals surface area (Å²) >= 11 is 6.37. The number of hydrogen-bond acceptors (Lipinski definition) is 2. The first-order chi connectivity index (χ1) is 10.7. The second-order valence-electron chi connectivity index (χ2n) is 6.00. The predicted octanol–water partition coefficient (Wildman–Crippen LogP) is 1.61. The van der Waals surface area contributed by atoms with Crippen LogP contribution < -0.4 is 14.8 Å². The molecule has 0 radical (unpaired) electrons. The number of anilines is 1. The maximum absolute atomic E-state index is 9.46. The van der Waals surface area contributed by atoms with Crippen LogP contribution in [-0.4, -0.2) is 26.2 Å². The number of nitrogens with zero attached hydrogens (tertiary/aromatic N) is 2. The number of fused-ring (bicyclic) bond motifs is 1. The summed E-state index contributed by atoms with van der Waals surface area (Å²) in [5.41, 5.74) is 3.10. The van der Waals surface area contributed by atoms with Crippen molar-refractivity contribution in [1.82, 2.24) is 0 Å². The monoisotopic (exact) mass is 322 g/mol. The zero-order valence-electron chi connectivity index (χ0n) is 13.9. The molecule has 0 fully saturated rings. The first kappa shape index (κ1) is 17.1. The van der Waals surface area contributed by atoms with E-state index in [9.17, 15) is 5.26 Å². The lowest BCUT2D eigenvalue weighted by Crippen LogP contribution is -3.11. The third-order valence-corrected chi connectivity index (χ3v) is 4.75. The molecule has 5 heteroatoms. The van der Waals surface area contributed by atoms with Gasteiger partial charge in [-0.05, 0) is 36.9 Å². The van der Waals surface area contributed by atoms with Gasteiger partial charge in [0.05, 0.1) is 26.2 Å². The van der Waals surface area contributed by atoms with Crippen molar-refractivity contribution in [2.24, 2.45) is 0 Å². The van der Waals surface area contributed by atoms with Crippen LogP contribution in [0.3, 0.4) is 0 Å². The third-order valence-electron chi connectivity index (χ3n) is 4.47. The molecule has 22 heavy (non-hydrogen) atoms. The van der Waals surface area contributed by atoms with E-state index in [1.54, 1.807) is 4.90 Å². The Morgan fingerprint density at radius 2 is 1.91 bits per heavy atom. The largest absolute Gasteiger partial charge is 0.331 e. The van der Waals surface area contributed by atoms with E-state index in [4.69, 9.17) is 11.6 Å². The molecule has 120 valence electrons. The zero-order chi connectivity index (χ0) is 16.1. The van der Waals surface area contributed by atoms with E-state index in [1.807, 2.05) is 0 Å². The van der Waals surface area contributed by atoms with Crippen LogP contribution in [0.15, 0.2) is 0 Å². The SMILES string of the molecule is CCCN(CCC)c1[nH+]c(Cl)c(C#N)c2c1C[NH+](CC)CC2. The Morgan fingerprint density at radius 3 is 2.45 bits per heavy atom. The van der Waals surface area contributed by atoms with Gasteiger partial charge in [0.25, 0.3) is 5.82 Å². The minimum atomic E-state index is 0.494. The molecule has 0 saturated carbocycles. The molecule has 1 aliphatic rings. The molecule has 0 spiro atoms. The number of rotatable bonds is 6. The molecule has 0 bridgehead atoms. The van der Waals surface area contributed by atoms with Gasteiger partial charge < -0.3 is 4.90 Å². The van der Waals surface area contributed by atoms with Crippen LogP contribution >= 0.6 is 11.6 Å². The van der Waals surface area contributed by atoms with Crippen molar-refractivity contribution in [3.8, 4) is 6.07 Å². The van der Waals surface area contributed by atoms with Crippen molar-refractivity contribution < 1.29 is 9.88 Å². The van der Waals surface area contributed by atoms with Crippen molar-refractivity contribution in [3.05, 3.63) is 21.8 Å². The molecule has 1 atom stereocenters. The van der Waals surface area contributed by atoms with E-state index in [1.165, 1.54) is 5.56 Å². The quantitative estimate of drug-likeness (QED) is 0.809. The number of H-pyrrole nitrogens is 1. The van der Waals surface area contributed by atoms with Gasteiger partial charge >= 0.3 is 0 Å². The highest BCUT2D eigenvalue weighted by Crippen LogP contribution is 2.27. The summed E-state index contributed by atoms with van der Waals surface area (Å²) in [5.74, 6) is 1.13. The van der Waals surface area contributed by atoms with Crippen molar-refractivity contribution >= 4 is 17.4 Å². The number of pyridine rings is 1. The highest BCUT2D eigenvalue weighted by molar-refractivity contribution is 6.29. The van der Waals surface area contributed by atoms with Gasteiger partial charge in [-0.3, -0.25) is 4.90 Å². The van der Waals surface area contributed by atoms with Crippen LogP contribution in [-0.2, 0) is 13.0 Å². The molecule has 1 aliphatic heterocycles. The summed E-state index contributed by atoms with van der Waals surface area (Å²) in [6, 6.07) is 2.30. The molecular weight excluding hydrogens is 296 g/mol. The van der Waals surface area contributed by atoms with Gasteiger partial charge in [0.2, 0.25) is 5.15 Å². The predicted molar refractivity (Wildman–Crippen MR) is 89.3 cm³/mol. The lowest BCUT2D eigenvalue weighted by atomic mass is 9.96. The Labute approximate surface area is 138 Å². The number of nitriles is 1. The maximum atomic E-state index is 9.46. The molecule has 2 heterocycles. The van der Waals surface area contributed by atoms with Crippen LogP contribution in [0.4, 0.5) is 5.82 Å². The van der Waals surface area contributed by atoms with Crippen LogP contribution in [0.25, 0.3) is 0 Å². The average molecular weight is 323 g/mol. The molecule has 1 unspecified atom stereocenters. The normalized spacial score (nSPS) is 17.0. The van der Waals surface area contributed by atoms with Crippen LogP contribution in [0.2, 0.25) is 5.15 Å². The number of aromatic nitrogens is 1. The minimum absolute atomic E-state index is 0.494. The number of nitrogens with one attached hydrogen (secondary N) is 2. The average Bonchev–Trinajstić information content (AvgIpc) is 2.53. The van der Waals surface area contributed by atoms with Gasteiger partial charge in [0, 0.05) is 6.42 Å². The lowest BCUT2D eigenvalue weighted by molar-refractivity contribution is -0.914. The molecule has 0 aliphatic carbocycles. The highest BCUT2D eigenvalue weighted by atomic mass is 35.5. The fraction of sp³-hybridized carbons (Fsp3) is 0.647. The van der Waals surface area contributed by atoms with E-state index < -0.39 is 0 Å². The lowest BCUT2D eigenvalue weighted by Gasteiger charge is -2.28. The molecule has 4 nitrogen and oxygen atoms in total. The van der Waals surface area contributed by atoms with Crippen LogP contribution in [0.5, 0.6) is 0 Å². The Bertz CT molecular complexity index is 559. The van der Waals surface area contributed by atoms with E-state index in [-0.39, 0.29) is 0 Å². The summed E-state index contributed by atoms with van der Waals surface area (Å²) in [4.78, 5) is 7.29. The number of hydrogen-bond donors (Lipinski definition) is 1. The molecule has 1 aromatic heterocycles. The van der Waals surface area contributed by atoms with Crippen LogP contribution in [0, 0.1) is 11.3 Å². The summed E-state index contributed by atoms with van der Waals surface area (Å²) in [7, 11) is 0. The van der Waals surface area contributed by atoms with E-state index in [0.717, 1.165) is 63.4 Å². The van der Waals surface area contributed by atoms with Crippen molar-refractivity contribution in [3.63, 3.8) is 0 Å². The molecule has 2 N–H and O–H groups in total. The second-order valence-corrected chi connectivity index (χ2v) is 6.38. The van der Waals surface area contributed by atoms with E-state index in [0.29, 0.717) is 10.7 Å². The highest BCUT2D eigenvalue weighted by Gasteiger charge is 2.32. The molecular formula is C17H27ClN4+2. The van der Waals surface area contributed by atoms with Gasteiger partial charge in [0.15, 0.2) is 0 Å². The standard InChI is InChI=1S/C17H25ClN4/c1-4-8-22(9-5-2)17-15-12-21(6-3)10-7-13(15)14(11-19)16(18)20-17/h4-10,12H2,1-3H3/p+2. The fourth-order valence-corrected chi connectivity index (χ4v) is 3.58. The number of aromatic amines is 1. The minimum Gasteiger partial charge on any atom is -0.331 e. The molecule has 0 aromatic carbocycles. The smallest absolute Gasteiger partial charge is 0.284 e. The fourth-order valence-electron chi connectivity index (χ4n) is 3.34. The molecule has 0 saturated heterocycles. The first-order valence-electron chi connectivity index (χ1n) is 8.41. The van der Waals surface area contributed by atoms with Gasteiger partial charge in [-0.15, -0.1) is 0 Å². The Hall–Kier alpha value is -1.31. The summed E-state index contributed by atoms with van der Waals surface area (Å²) in [5, 5.41) is 9.95. The number of likely N-dealkylation sites (N-methyl/N-ethyl adjacent to an activating group) is 1. The Balaban J connectivity index is 2.53. The number of halogens is 1. The number of quaternary nitrogens is 1. The summed E-state index contributed by atoms with van der Waals surface area (Å²) in [6.45, 7) is 11.8. The molecule has 2 rings (SSSR count). The van der Waals surface area contributed by atoms with E-state index >= 15 is 0 Å². The Kier molecular flexibility index (Phi) is 6.05. The Morgan fingerprint density at radius 1 is 1.23 bits per heavy atom. The first-order valence-corrected chi connectivity index (χ1v) is 8.79. The van der Waals surface area contributed by atoms with Crippen molar-refractivity contribution in [2.75, 3.05) is 31.1 Å². The zero-order valence-corrected chi connectivity index (χ0v) is 14.7. The second kappa shape index (κ2) is 7.80. The molecule has 0 amide bonds. The van der Waals surface area contributed by atoms with Gasteiger partial charge in [-0.1, -0.05) is 13.8 Å². The van der Waals surface area contributed by atoms with Crippen LogP contribution in [0.1, 0.15) is 50.3 Å². The maximum Gasteiger partial charge on any atom is 0.284 e. The van der Waals surface area contributed by atoms with Gasteiger partial charge in [-0.25, -0.2) is 4.98 Å². The molecule has 1 aromatic rings. The van der Waals surface area contributed by atoms with Crippen molar-refractivity contribution in [1.29, 1.82) is 5.26 Å². The third kappa shape index (κ3) is 3.37. The van der Waals surface area contributed by atoms with Gasteiger partial charge in [-0.2, -0.15) is 5.26 Å². The van der Waals surface area contributed by atoms with E-state index in [2.05, 4.69) is 36.7 Å². The van der Waals surface area contributed by atoms with Gasteiger partial charge in [0.1, 0.15) is 23.7 Å². The summed E-state index contributed by atoms with van der Waals surface area (Å²) in [6.07, 6.45) is 3.14.